The molecular formula is C10H13NO2S. The van der Waals surface area contributed by atoms with Crippen molar-refractivity contribution >= 4 is 11.8 Å². The van der Waals surface area contributed by atoms with Crippen molar-refractivity contribution in [2.75, 3.05) is 13.4 Å². The molecule has 1 saturated carbocycles. The number of hydrogen-bond donors (Lipinski definition) is 0. The second kappa shape index (κ2) is 4.09. The van der Waals surface area contributed by atoms with E-state index < -0.39 is 0 Å². The number of thioether (sulfide) groups is 1. The molecule has 1 aliphatic carbocycles. The Morgan fingerprint density at radius 1 is 1.43 bits per heavy atom. The van der Waals surface area contributed by atoms with E-state index in [-0.39, 0.29) is 0 Å². The molecular weight excluding hydrogens is 198 g/mol. The van der Waals surface area contributed by atoms with Crippen LogP contribution in [0.2, 0.25) is 0 Å². The molecule has 0 radical (unpaired) electrons. The lowest BCUT2D eigenvalue weighted by Crippen LogP contribution is -1.99. The first-order chi connectivity index (χ1) is 6.83. The Morgan fingerprint density at radius 2 is 2.21 bits per heavy atom. The molecule has 0 unspecified atom stereocenters. The summed E-state index contributed by atoms with van der Waals surface area (Å²) in [5.41, 5.74) is 0. The van der Waals surface area contributed by atoms with Crippen LogP contribution in [0.5, 0.6) is 11.5 Å². The quantitative estimate of drug-likeness (QED) is 0.715. The molecule has 2 rings (SSSR count). The van der Waals surface area contributed by atoms with Gasteiger partial charge in [0, 0.05) is 6.07 Å². The van der Waals surface area contributed by atoms with Crippen LogP contribution in [0.15, 0.2) is 17.3 Å². The van der Waals surface area contributed by atoms with Gasteiger partial charge in [-0.1, -0.05) is 0 Å². The maximum absolute atomic E-state index is 5.71. The Hall–Kier alpha value is -0.900. The van der Waals surface area contributed by atoms with E-state index in [0.717, 1.165) is 29.4 Å². The molecule has 0 N–H and O–H groups in total. The molecule has 14 heavy (non-hydrogen) atoms. The Labute approximate surface area is 87.8 Å². The summed E-state index contributed by atoms with van der Waals surface area (Å²) in [6.07, 6.45) is 6.40. The van der Waals surface area contributed by atoms with Gasteiger partial charge >= 0.3 is 0 Å². The van der Waals surface area contributed by atoms with Gasteiger partial charge in [-0.25, -0.2) is 4.98 Å². The molecule has 0 amide bonds. The van der Waals surface area contributed by atoms with Gasteiger partial charge in [-0.15, -0.1) is 11.8 Å². The smallest absolute Gasteiger partial charge is 0.179 e. The minimum absolute atomic E-state index is 0.390. The van der Waals surface area contributed by atoms with Crippen molar-refractivity contribution in [3.63, 3.8) is 0 Å². The van der Waals surface area contributed by atoms with Crippen molar-refractivity contribution in [3.8, 4) is 11.5 Å². The first kappa shape index (κ1) is 9.65. The van der Waals surface area contributed by atoms with Crippen LogP contribution >= 0.6 is 11.8 Å². The molecule has 0 saturated heterocycles. The van der Waals surface area contributed by atoms with E-state index in [4.69, 9.17) is 9.47 Å². The second-order valence-corrected chi connectivity index (χ2v) is 4.02. The average Bonchev–Trinajstić information content (AvgIpc) is 3.01. The predicted octanol–water partition coefficient (Wildman–Crippen LogP) is 2.35. The van der Waals surface area contributed by atoms with Crippen LogP contribution in [0.4, 0.5) is 0 Å². The normalized spacial score (nSPS) is 15.3. The molecule has 76 valence electrons. The third kappa shape index (κ3) is 2.12. The van der Waals surface area contributed by atoms with E-state index in [9.17, 15) is 0 Å². The molecule has 1 aromatic heterocycles. The predicted molar refractivity (Wildman–Crippen MR) is 56.2 cm³/mol. The zero-order chi connectivity index (χ0) is 9.97. The first-order valence-corrected chi connectivity index (χ1v) is 5.80. The van der Waals surface area contributed by atoms with Gasteiger partial charge in [-0.3, -0.25) is 0 Å². The van der Waals surface area contributed by atoms with Crippen LogP contribution in [-0.4, -0.2) is 24.5 Å². The van der Waals surface area contributed by atoms with Crippen molar-refractivity contribution < 1.29 is 9.47 Å². The van der Waals surface area contributed by atoms with Gasteiger partial charge in [0.15, 0.2) is 11.5 Å². The molecule has 3 nitrogen and oxygen atoms in total. The average molecular weight is 211 g/mol. The number of aromatic nitrogens is 1. The van der Waals surface area contributed by atoms with E-state index in [1.807, 2.05) is 12.3 Å². The Bertz CT molecular complexity index is 326. The lowest BCUT2D eigenvalue weighted by atomic mass is 10.4. The molecule has 1 heterocycles. The monoisotopic (exact) mass is 211 g/mol. The highest BCUT2D eigenvalue weighted by Crippen LogP contribution is 2.34. The van der Waals surface area contributed by atoms with Gasteiger partial charge in [0.2, 0.25) is 0 Å². The number of rotatable bonds is 4. The lowest BCUT2D eigenvalue weighted by Gasteiger charge is -2.09. The van der Waals surface area contributed by atoms with Crippen molar-refractivity contribution in [1.29, 1.82) is 0 Å². The van der Waals surface area contributed by atoms with Crippen molar-refractivity contribution in [2.24, 2.45) is 0 Å². The summed E-state index contributed by atoms with van der Waals surface area (Å²) in [5.74, 6) is 1.53. The maximum atomic E-state index is 5.71. The summed E-state index contributed by atoms with van der Waals surface area (Å²) in [5, 5.41) is 0.960. The van der Waals surface area contributed by atoms with Crippen molar-refractivity contribution in [2.45, 2.75) is 24.0 Å². The highest BCUT2D eigenvalue weighted by Gasteiger charge is 2.25. The minimum Gasteiger partial charge on any atom is -0.491 e. The molecule has 0 spiro atoms. The summed E-state index contributed by atoms with van der Waals surface area (Å²) in [6.45, 7) is 0. The van der Waals surface area contributed by atoms with Crippen molar-refractivity contribution in [1.82, 2.24) is 4.98 Å². The largest absolute Gasteiger partial charge is 0.491 e. The van der Waals surface area contributed by atoms with E-state index in [0.29, 0.717) is 6.10 Å². The van der Waals surface area contributed by atoms with E-state index in [2.05, 4.69) is 4.98 Å². The lowest BCUT2D eigenvalue weighted by molar-refractivity contribution is 0.280. The Morgan fingerprint density at radius 3 is 2.79 bits per heavy atom. The Balaban J connectivity index is 2.21. The van der Waals surface area contributed by atoms with E-state index in [1.165, 1.54) is 0 Å². The highest BCUT2D eigenvalue weighted by molar-refractivity contribution is 7.98. The number of nitrogens with zero attached hydrogens (tertiary/aromatic N) is 1. The summed E-state index contributed by atoms with van der Waals surface area (Å²) < 4.78 is 10.9. The van der Waals surface area contributed by atoms with Gasteiger partial charge in [0.25, 0.3) is 0 Å². The SMILES string of the molecule is COc1cnc(SC)cc1OC1CC1. The number of pyridine rings is 1. The molecule has 4 heteroatoms. The fourth-order valence-electron chi connectivity index (χ4n) is 1.13. The summed E-state index contributed by atoms with van der Waals surface area (Å²) >= 11 is 1.60. The fourth-order valence-corrected chi connectivity index (χ4v) is 1.51. The number of methoxy groups -OCH3 is 1. The molecule has 0 bridgehead atoms. The van der Waals surface area contributed by atoms with E-state index in [1.54, 1.807) is 25.1 Å². The van der Waals surface area contributed by atoms with Gasteiger partial charge in [0.1, 0.15) is 0 Å². The Kier molecular flexibility index (Phi) is 2.82. The van der Waals surface area contributed by atoms with Crippen LogP contribution in [0, 0.1) is 0 Å². The fraction of sp³-hybridized carbons (Fsp3) is 0.500. The van der Waals surface area contributed by atoms with Crippen LogP contribution in [-0.2, 0) is 0 Å². The van der Waals surface area contributed by atoms with Gasteiger partial charge in [0.05, 0.1) is 24.4 Å². The van der Waals surface area contributed by atoms with Gasteiger partial charge in [-0.2, -0.15) is 0 Å². The first-order valence-electron chi connectivity index (χ1n) is 4.58. The van der Waals surface area contributed by atoms with Gasteiger partial charge in [-0.05, 0) is 19.1 Å². The third-order valence-corrected chi connectivity index (χ3v) is 2.70. The number of ether oxygens (including phenoxy) is 2. The van der Waals surface area contributed by atoms with Crippen LogP contribution in [0.25, 0.3) is 0 Å². The van der Waals surface area contributed by atoms with Crippen LogP contribution in [0.1, 0.15) is 12.8 Å². The zero-order valence-corrected chi connectivity index (χ0v) is 9.13. The van der Waals surface area contributed by atoms with Crippen LogP contribution < -0.4 is 9.47 Å². The zero-order valence-electron chi connectivity index (χ0n) is 8.32. The summed E-state index contributed by atoms with van der Waals surface area (Å²) in [4.78, 5) is 4.21. The molecule has 0 aliphatic heterocycles. The number of hydrogen-bond acceptors (Lipinski definition) is 4. The molecule has 0 atom stereocenters. The molecule has 0 aromatic carbocycles. The third-order valence-electron chi connectivity index (χ3n) is 2.05. The highest BCUT2D eigenvalue weighted by atomic mass is 32.2. The summed E-state index contributed by atoms with van der Waals surface area (Å²) in [7, 11) is 1.63. The standard InChI is InChI=1S/C10H13NO2S/c1-12-9-6-11-10(14-2)5-8(9)13-7-3-4-7/h5-7H,3-4H2,1-2H3. The van der Waals surface area contributed by atoms with Crippen LogP contribution in [0.3, 0.4) is 0 Å². The van der Waals surface area contributed by atoms with E-state index >= 15 is 0 Å². The second-order valence-electron chi connectivity index (χ2n) is 3.19. The minimum atomic E-state index is 0.390. The topological polar surface area (TPSA) is 31.4 Å². The van der Waals surface area contributed by atoms with Gasteiger partial charge < -0.3 is 9.47 Å². The summed E-state index contributed by atoms with van der Waals surface area (Å²) in [6, 6.07) is 1.93. The molecule has 1 aliphatic rings. The van der Waals surface area contributed by atoms with Crippen molar-refractivity contribution in [3.05, 3.63) is 12.3 Å². The molecule has 1 aromatic rings. The maximum Gasteiger partial charge on any atom is 0.179 e. The molecule has 1 fully saturated rings.